The number of nitrogens with zero attached hydrogens (tertiary/aromatic N) is 1. The SMILES string of the molecule is Cc1ccc([C@@H](N)c2cccnc2)c(C)c1. The highest BCUT2D eigenvalue weighted by Gasteiger charge is 2.10. The molecular formula is C14H16N2. The number of aromatic nitrogens is 1. The van der Waals surface area contributed by atoms with Crippen molar-refractivity contribution >= 4 is 0 Å². The minimum atomic E-state index is -0.0886. The molecule has 0 spiro atoms. The normalized spacial score (nSPS) is 12.4. The van der Waals surface area contributed by atoms with E-state index in [0.717, 1.165) is 5.56 Å². The van der Waals surface area contributed by atoms with Crippen LogP contribution in [0.3, 0.4) is 0 Å². The van der Waals surface area contributed by atoms with Crippen molar-refractivity contribution in [3.63, 3.8) is 0 Å². The van der Waals surface area contributed by atoms with Gasteiger partial charge >= 0.3 is 0 Å². The van der Waals surface area contributed by atoms with Gasteiger partial charge < -0.3 is 5.73 Å². The van der Waals surface area contributed by atoms with Crippen LogP contribution in [0.5, 0.6) is 0 Å². The third-order valence-electron chi connectivity index (χ3n) is 2.80. The van der Waals surface area contributed by atoms with E-state index in [9.17, 15) is 0 Å². The van der Waals surface area contributed by atoms with Crippen molar-refractivity contribution in [2.75, 3.05) is 0 Å². The summed E-state index contributed by atoms with van der Waals surface area (Å²) in [6.07, 6.45) is 3.59. The molecule has 82 valence electrons. The fourth-order valence-electron chi connectivity index (χ4n) is 1.91. The molecule has 0 unspecified atom stereocenters. The Hall–Kier alpha value is -1.67. The molecule has 2 N–H and O–H groups in total. The maximum atomic E-state index is 6.23. The lowest BCUT2D eigenvalue weighted by Gasteiger charge is -2.15. The number of hydrogen-bond acceptors (Lipinski definition) is 2. The molecule has 1 atom stereocenters. The van der Waals surface area contributed by atoms with E-state index < -0.39 is 0 Å². The Bertz CT molecular complexity index is 477. The molecule has 0 aliphatic carbocycles. The van der Waals surface area contributed by atoms with Gasteiger partial charge in [0, 0.05) is 12.4 Å². The fraction of sp³-hybridized carbons (Fsp3) is 0.214. The van der Waals surface area contributed by atoms with Crippen LogP contribution in [-0.2, 0) is 0 Å². The third kappa shape index (κ3) is 2.12. The molecule has 1 aromatic heterocycles. The zero-order chi connectivity index (χ0) is 11.5. The summed E-state index contributed by atoms with van der Waals surface area (Å²) in [6.45, 7) is 4.19. The Kier molecular flexibility index (Phi) is 3.02. The molecule has 1 heterocycles. The molecule has 0 bridgehead atoms. The molecular weight excluding hydrogens is 196 g/mol. The first-order valence-corrected chi connectivity index (χ1v) is 5.41. The third-order valence-corrected chi connectivity index (χ3v) is 2.80. The minimum Gasteiger partial charge on any atom is -0.320 e. The van der Waals surface area contributed by atoms with E-state index >= 15 is 0 Å². The Morgan fingerprint density at radius 2 is 2.00 bits per heavy atom. The van der Waals surface area contributed by atoms with Crippen molar-refractivity contribution in [1.82, 2.24) is 4.98 Å². The Labute approximate surface area is 96.1 Å². The summed E-state index contributed by atoms with van der Waals surface area (Å²) >= 11 is 0. The molecule has 0 aliphatic rings. The first kappa shape index (κ1) is 10.8. The fourth-order valence-corrected chi connectivity index (χ4v) is 1.91. The van der Waals surface area contributed by atoms with Gasteiger partial charge in [0.2, 0.25) is 0 Å². The van der Waals surface area contributed by atoms with Crippen LogP contribution in [0.2, 0.25) is 0 Å². The van der Waals surface area contributed by atoms with Crippen molar-refractivity contribution in [2.45, 2.75) is 19.9 Å². The maximum absolute atomic E-state index is 6.23. The lowest BCUT2D eigenvalue weighted by Crippen LogP contribution is -2.13. The first-order chi connectivity index (χ1) is 7.68. The summed E-state index contributed by atoms with van der Waals surface area (Å²) in [5.74, 6) is 0. The number of nitrogens with two attached hydrogens (primary N) is 1. The van der Waals surface area contributed by atoms with E-state index in [0.29, 0.717) is 0 Å². The van der Waals surface area contributed by atoms with E-state index in [2.05, 4.69) is 37.0 Å². The van der Waals surface area contributed by atoms with E-state index in [4.69, 9.17) is 5.73 Å². The lowest BCUT2D eigenvalue weighted by atomic mass is 9.95. The van der Waals surface area contributed by atoms with Crippen LogP contribution in [0, 0.1) is 13.8 Å². The lowest BCUT2D eigenvalue weighted by molar-refractivity contribution is 0.853. The molecule has 0 amide bonds. The van der Waals surface area contributed by atoms with Crippen molar-refractivity contribution in [2.24, 2.45) is 5.73 Å². The summed E-state index contributed by atoms with van der Waals surface area (Å²) < 4.78 is 0. The van der Waals surface area contributed by atoms with Gasteiger partial charge in [0.15, 0.2) is 0 Å². The van der Waals surface area contributed by atoms with Crippen molar-refractivity contribution in [1.29, 1.82) is 0 Å². The van der Waals surface area contributed by atoms with Gasteiger partial charge in [0.1, 0.15) is 0 Å². The van der Waals surface area contributed by atoms with E-state index in [1.807, 2.05) is 18.3 Å². The average Bonchev–Trinajstić information content (AvgIpc) is 2.29. The Morgan fingerprint density at radius 1 is 1.19 bits per heavy atom. The minimum absolute atomic E-state index is 0.0886. The van der Waals surface area contributed by atoms with E-state index in [1.165, 1.54) is 16.7 Å². The standard InChI is InChI=1S/C14H16N2/c1-10-5-6-13(11(2)8-10)14(15)12-4-3-7-16-9-12/h3-9,14H,15H2,1-2H3/t14-/m0/s1. The Morgan fingerprint density at radius 3 is 2.62 bits per heavy atom. The summed E-state index contributed by atoms with van der Waals surface area (Å²) in [5.41, 5.74) is 10.9. The number of aryl methyl sites for hydroxylation is 2. The van der Waals surface area contributed by atoms with Gasteiger partial charge in [-0.3, -0.25) is 4.98 Å². The second-order valence-corrected chi connectivity index (χ2v) is 4.12. The van der Waals surface area contributed by atoms with Gasteiger partial charge in [-0.1, -0.05) is 29.8 Å². The summed E-state index contributed by atoms with van der Waals surface area (Å²) in [7, 11) is 0. The van der Waals surface area contributed by atoms with Crippen LogP contribution in [0.1, 0.15) is 28.3 Å². The van der Waals surface area contributed by atoms with E-state index in [1.54, 1.807) is 6.20 Å². The van der Waals surface area contributed by atoms with Crippen molar-refractivity contribution < 1.29 is 0 Å². The number of pyridine rings is 1. The second kappa shape index (κ2) is 4.45. The van der Waals surface area contributed by atoms with Gasteiger partial charge in [-0.25, -0.2) is 0 Å². The predicted molar refractivity (Wildman–Crippen MR) is 66.2 cm³/mol. The maximum Gasteiger partial charge on any atom is 0.0569 e. The molecule has 2 aromatic rings. The van der Waals surface area contributed by atoms with Crippen molar-refractivity contribution in [3.05, 3.63) is 65.0 Å². The second-order valence-electron chi connectivity index (χ2n) is 4.12. The molecule has 0 saturated heterocycles. The van der Waals surface area contributed by atoms with Crippen LogP contribution < -0.4 is 5.73 Å². The quantitative estimate of drug-likeness (QED) is 0.831. The van der Waals surface area contributed by atoms with Gasteiger partial charge in [0.25, 0.3) is 0 Å². The summed E-state index contributed by atoms with van der Waals surface area (Å²) in [4.78, 5) is 4.10. The van der Waals surface area contributed by atoms with Crippen LogP contribution >= 0.6 is 0 Å². The molecule has 0 fully saturated rings. The zero-order valence-electron chi connectivity index (χ0n) is 9.64. The van der Waals surface area contributed by atoms with Gasteiger partial charge in [0.05, 0.1) is 6.04 Å². The van der Waals surface area contributed by atoms with Gasteiger partial charge in [-0.2, -0.15) is 0 Å². The topological polar surface area (TPSA) is 38.9 Å². The molecule has 2 heteroatoms. The van der Waals surface area contributed by atoms with Gasteiger partial charge in [-0.05, 0) is 36.6 Å². The number of hydrogen-bond donors (Lipinski definition) is 1. The molecule has 0 saturated carbocycles. The molecule has 0 aliphatic heterocycles. The monoisotopic (exact) mass is 212 g/mol. The molecule has 0 radical (unpaired) electrons. The highest BCUT2D eigenvalue weighted by atomic mass is 14.7. The van der Waals surface area contributed by atoms with Gasteiger partial charge in [-0.15, -0.1) is 0 Å². The van der Waals surface area contributed by atoms with Crippen LogP contribution in [0.25, 0.3) is 0 Å². The Balaban J connectivity index is 2.38. The van der Waals surface area contributed by atoms with Crippen molar-refractivity contribution in [3.8, 4) is 0 Å². The zero-order valence-corrected chi connectivity index (χ0v) is 9.64. The summed E-state index contributed by atoms with van der Waals surface area (Å²) in [5, 5.41) is 0. The summed E-state index contributed by atoms with van der Waals surface area (Å²) in [6, 6.07) is 10.2. The highest BCUT2D eigenvalue weighted by molar-refractivity contribution is 5.37. The predicted octanol–water partition coefficient (Wildman–Crippen LogP) is 2.75. The molecule has 1 aromatic carbocycles. The van der Waals surface area contributed by atoms with E-state index in [-0.39, 0.29) is 6.04 Å². The molecule has 2 nitrogen and oxygen atoms in total. The van der Waals surface area contributed by atoms with Crippen LogP contribution in [0.15, 0.2) is 42.7 Å². The molecule has 2 rings (SSSR count). The largest absolute Gasteiger partial charge is 0.320 e. The first-order valence-electron chi connectivity index (χ1n) is 5.41. The average molecular weight is 212 g/mol. The smallest absolute Gasteiger partial charge is 0.0569 e. The molecule has 16 heavy (non-hydrogen) atoms. The number of rotatable bonds is 2. The number of benzene rings is 1. The highest BCUT2D eigenvalue weighted by Crippen LogP contribution is 2.22. The van der Waals surface area contributed by atoms with Crippen LogP contribution in [0.4, 0.5) is 0 Å². The van der Waals surface area contributed by atoms with Crippen LogP contribution in [-0.4, -0.2) is 4.98 Å².